The van der Waals surface area contributed by atoms with Crippen molar-refractivity contribution in [1.29, 1.82) is 0 Å². The standard InChI is InChI=1S/C20H27NO5S/c1-19(2)15-8-9-20(19,18(22)12-15)27(23,24)21-10-11-25-17(13-21)14-26-16-6-4-3-5-7-16/h3-7,15,17H,8-14H2,1-2H3/t15-,17+,20-/m0/s1. The fraction of sp³-hybridized carbons (Fsp3) is 0.650. The van der Waals surface area contributed by atoms with Crippen LogP contribution in [0.4, 0.5) is 0 Å². The average molecular weight is 394 g/mol. The Kier molecular flexibility index (Phi) is 4.60. The molecule has 6 nitrogen and oxygen atoms in total. The van der Waals surface area contributed by atoms with Crippen LogP contribution < -0.4 is 4.74 Å². The second-order valence-electron chi connectivity index (χ2n) is 8.39. The number of Topliss-reactive ketones (excluding diaryl/α,β-unsaturated/α-hetero) is 1. The highest BCUT2D eigenvalue weighted by Crippen LogP contribution is 2.62. The van der Waals surface area contributed by atoms with Gasteiger partial charge in [-0.05, 0) is 36.3 Å². The molecule has 2 aliphatic carbocycles. The average Bonchev–Trinajstić information content (AvgIpc) is 3.04. The van der Waals surface area contributed by atoms with Gasteiger partial charge in [0.2, 0.25) is 10.0 Å². The number of morpholine rings is 1. The molecule has 7 heteroatoms. The van der Waals surface area contributed by atoms with Crippen LogP contribution >= 0.6 is 0 Å². The van der Waals surface area contributed by atoms with Gasteiger partial charge < -0.3 is 9.47 Å². The van der Waals surface area contributed by atoms with Crippen LogP contribution in [-0.4, -0.2) is 55.7 Å². The number of carbonyl (C=O) groups excluding carboxylic acids is 1. The summed E-state index contributed by atoms with van der Waals surface area (Å²) in [5.74, 6) is 0.788. The minimum atomic E-state index is -3.76. The van der Waals surface area contributed by atoms with Crippen molar-refractivity contribution in [3.05, 3.63) is 30.3 Å². The number of rotatable bonds is 5. The number of hydrogen-bond acceptors (Lipinski definition) is 5. The van der Waals surface area contributed by atoms with E-state index in [2.05, 4.69) is 0 Å². The monoisotopic (exact) mass is 393 g/mol. The van der Waals surface area contributed by atoms with Crippen molar-refractivity contribution in [2.45, 2.75) is 44.0 Å². The van der Waals surface area contributed by atoms with Gasteiger partial charge in [-0.25, -0.2) is 8.42 Å². The van der Waals surface area contributed by atoms with Gasteiger partial charge in [-0.1, -0.05) is 32.0 Å². The van der Waals surface area contributed by atoms with Crippen molar-refractivity contribution in [3.8, 4) is 5.75 Å². The van der Waals surface area contributed by atoms with Crippen LogP contribution in [0.2, 0.25) is 0 Å². The SMILES string of the molecule is CC1(C)[C@H]2CC[C@]1(S(=O)(=O)N1CCO[C@@H](COc3ccccc3)C1)C(=O)C2. The minimum absolute atomic E-state index is 0.104. The number of ketones is 1. The Bertz CT molecular complexity index is 822. The van der Waals surface area contributed by atoms with Crippen LogP contribution in [0.3, 0.4) is 0 Å². The van der Waals surface area contributed by atoms with E-state index in [0.717, 1.165) is 12.2 Å². The molecule has 0 aromatic heterocycles. The topological polar surface area (TPSA) is 72.9 Å². The maximum atomic E-state index is 13.6. The first-order valence-electron chi connectivity index (χ1n) is 9.61. The van der Waals surface area contributed by atoms with Gasteiger partial charge >= 0.3 is 0 Å². The Morgan fingerprint density at radius 2 is 2.00 bits per heavy atom. The molecule has 0 spiro atoms. The van der Waals surface area contributed by atoms with Gasteiger partial charge in [0.05, 0.1) is 6.61 Å². The molecule has 0 N–H and O–H groups in total. The Morgan fingerprint density at radius 1 is 1.26 bits per heavy atom. The lowest BCUT2D eigenvalue weighted by Crippen LogP contribution is -2.60. The lowest BCUT2D eigenvalue weighted by molar-refractivity contribution is -0.121. The van der Waals surface area contributed by atoms with Gasteiger partial charge in [-0.2, -0.15) is 4.31 Å². The summed E-state index contributed by atoms with van der Waals surface area (Å²) in [5, 5.41) is 0. The first kappa shape index (κ1) is 18.9. The van der Waals surface area contributed by atoms with Gasteiger partial charge in [0.1, 0.15) is 23.2 Å². The summed E-state index contributed by atoms with van der Waals surface area (Å²) in [7, 11) is -3.76. The lowest BCUT2D eigenvalue weighted by Gasteiger charge is -2.42. The Hall–Kier alpha value is -1.44. The van der Waals surface area contributed by atoms with Gasteiger partial charge in [-0.3, -0.25) is 4.79 Å². The van der Waals surface area contributed by atoms with Crippen LogP contribution in [0.15, 0.2) is 30.3 Å². The summed E-state index contributed by atoms with van der Waals surface area (Å²) in [6.45, 7) is 5.01. The molecule has 0 radical (unpaired) electrons. The van der Waals surface area contributed by atoms with E-state index >= 15 is 0 Å². The normalized spacial score (nSPS) is 33.3. The lowest BCUT2D eigenvalue weighted by atomic mass is 9.81. The molecule has 4 rings (SSSR count). The highest BCUT2D eigenvalue weighted by molar-refractivity contribution is 7.91. The van der Waals surface area contributed by atoms with Crippen LogP contribution in [-0.2, 0) is 19.6 Å². The number of ether oxygens (including phenoxy) is 2. The third-order valence-corrected chi connectivity index (χ3v) is 9.70. The zero-order chi connectivity index (χ0) is 19.3. The maximum Gasteiger partial charge on any atom is 0.227 e. The molecular formula is C20H27NO5S. The first-order valence-corrected chi connectivity index (χ1v) is 11.1. The van der Waals surface area contributed by atoms with E-state index in [4.69, 9.17) is 9.47 Å². The zero-order valence-corrected chi connectivity index (χ0v) is 16.7. The highest BCUT2D eigenvalue weighted by Gasteiger charge is 2.72. The van der Waals surface area contributed by atoms with E-state index in [1.165, 1.54) is 4.31 Å². The van der Waals surface area contributed by atoms with E-state index < -0.39 is 20.2 Å². The van der Waals surface area contributed by atoms with E-state index in [9.17, 15) is 13.2 Å². The van der Waals surface area contributed by atoms with Crippen molar-refractivity contribution < 1.29 is 22.7 Å². The van der Waals surface area contributed by atoms with Gasteiger partial charge in [0.15, 0.2) is 5.78 Å². The molecular weight excluding hydrogens is 366 g/mol. The summed E-state index contributed by atoms with van der Waals surface area (Å²) in [6.07, 6.45) is 1.29. The largest absolute Gasteiger partial charge is 0.491 e. The maximum absolute atomic E-state index is 13.6. The number of benzene rings is 1. The first-order chi connectivity index (χ1) is 12.8. The Morgan fingerprint density at radius 3 is 2.63 bits per heavy atom. The number of hydrogen-bond donors (Lipinski definition) is 0. The van der Waals surface area contributed by atoms with Crippen molar-refractivity contribution in [3.63, 3.8) is 0 Å². The summed E-state index contributed by atoms with van der Waals surface area (Å²) in [4.78, 5) is 12.8. The van der Waals surface area contributed by atoms with Crippen molar-refractivity contribution >= 4 is 15.8 Å². The number of sulfonamides is 1. The number of carbonyl (C=O) groups is 1. The molecule has 0 amide bonds. The Balaban J connectivity index is 1.51. The fourth-order valence-corrected chi connectivity index (χ4v) is 7.87. The number of fused-ring (bicyclic) bond motifs is 2. The fourth-order valence-electron chi connectivity index (χ4n) is 5.18. The molecule has 3 fully saturated rings. The molecule has 1 saturated heterocycles. The molecule has 0 unspecified atom stereocenters. The molecule has 2 bridgehead atoms. The second-order valence-corrected chi connectivity index (χ2v) is 10.6. The molecule has 1 aromatic rings. The molecule has 2 saturated carbocycles. The van der Waals surface area contributed by atoms with Crippen LogP contribution in [0.25, 0.3) is 0 Å². The predicted molar refractivity (Wildman–Crippen MR) is 101 cm³/mol. The molecule has 3 aliphatic rings. The summed E-state index contributed by atoms with van der Waals surface area (Å²) in [6, 6.07) is 9.39. The van der Waals surface area contributed by atoms with Crippen molar-refractivity contribution in [1.82, 2.24) is 4.31 Å². The minimum Gasteiger partial charge on any atom is -0.491 e. The third kappa shape index (κ3) is 2.74. The van der Waals surface area contributed by atoms with Gasteiger partial charge in [-0.15, -0.1) is 0 Å². The van der Waals surface area contributed by atoms with E-state index in [1.807, 2.05) is 44.2 Å². The molecule has 27 heavy (non-hydrogen) atoms. The smallest absolute Gasteiger partial charge is 0.227 e. The van der Waals surface area contributed by atoms with Crippen LogP contribution in [0.1, 0.15) is 33.1 Å². The second kappa shape index (κ2) is 6.57. The van der Waals surface area contributed by atoms with Crippen LogP contribution in [0, 0.1) is 11.3 Å². The molecule has 1 heterocycles. The van der Waals surface area contributed by atoms with E-state index in [1.54, 1.807) is 0 Å². The number of nitrogens with zero attached hydrogens (tertiary/aromatic N) is 1. The van der Waals surface area contributed by atoms with Crippen molar-refractivity contribution in [2.24, 2.45) is 11.3 Å². The van der Waals surface area contributed by atoms with Gasteiger partial charge in [0.25, 0.3) is 0 Å². The quantitative estimate of drug-likeness (QED) is 0.767. The number of para-hydroxylation sites is 1. The molecule has 148 valence electrons. The van der Waals surface area contributed by atoms with E-state index in [0.29, 0.717) is 26.0 Å². The Labute approximate surface area is 160 Å². The van der Waals surface area contributed by atoms with Crippen LogP contribution in [0.5, 0.6) is 5.75 Å². The highest BCUT2D eigenvalue weighted by atomic mass is 32.2. The summed E-state index contributed by atoms with van der Waals surface area (Å²) >= 11 is 0. The predicted octanol–water partition coefficient (Wildman–Crippen LogP) is 2.24. The molecule has 1 aromatic carbocycles. The molecule has 1 aliphatic heterocycles. The summed E-state index contributed by atoms with van der Waals surface area (Å²) < 4.78 is 38.9. The van der Waals surface area contributed by atoms with Gasteiger partial charge in [0, 0.05) is 19.5 Å². The van der Waals surface area contributed by atoms with Crippen molar-refractivity contribution in [2.75, 3.05) is 26.3 Å². The molecule has 3 atom stereocenters. The van der Waals surface area contributed by atoms with E-state index in [-0.39, 0.29) is 31.0 Å². The zero-order valence-electron chi connectivity index (χ0n) is 15.9. The third-order valence-electron chi connectivity index (χ3n) is 6.85. The summed E-state index contributed by atoms with van der Waals surface area (Å²) in [5.41, 5.74) is -0.517.